The van der Waals surface area contributed by atoms with Gasteiger partial charge in [0, 0.05) is 28.9 Å². The van der Waals surface area contributed by atoms with Crippen LogP contribution in [0.2, 0.25) is 0 Å². The van der Waals surface area contributed by atoms with Crippen LogP contribution in [0.4, 0.5) is 0 Å². The molecular weight excluding hydrogens is 216 g/mol. The van der Waals surface area contributed by atoms with E-state index in [1.54, 1.807) is 0 Å². The van der Waals surface area contributed by atoms with Crippen molar-refractivity contribution in [3.8, 4) is 0 Å². The number of aryl methyl sites for hydroxylation is 1. The Labute approximate surface area is 103 Å². The van der Waals surface area contributed by atoms with E-state index in [0.29, 0.717) is 6.04 Å². The van der Waals surface area contributed by atoms with Crippen LogP contribution in [-0.4, -0.2) is 12.6 Å². The Morgan fingerprint density at radius 2 is 2.06 bits per heavy atom. The molecule has 1 aromatic rings. The molecular formula is C13H24N2S. The van der Waals surface area contributed by atoms with Gasteiger partial charge in [0.05, 0.1) is 0 Å². The summed E-state index contributed by atoms with van der Waals surface area (Å²) in [6.45, 7) is 6.30. The zero-order valence-electron chi connectivity index (χ0n) is 10.5. The van der Waals surface area contributed by atoms with Gasteiger partial charge in [-0.25, -0.2) is 0 Å². The Balaban J connectivity index is 2.14. The van der Waals surface area contributed by atoms with Gasteiger partial charge in [-0.15, -0.1) is 11.3 Å². The molecule has 0 aromatic carbocycles. The first-order chi connectivity index (χ1) is 7.76. The van der Waals surface area contributed by atoms with Crippen molar-refractivity contribution in [2.45, 2.75) is 52.1 Å². The second-order valence-electron chi connectivity index (χ2n) is 4.25. The molecule has 0 aliphatic rings. The van der Waals surface area contributed by atoms with Crippen LogP contribution in [0.25, 0.3) is 0 Å². The van der Waals surface area contributed by atoms with E-state index in [1.165, 1.54) is 22.6 Å². The lowest BCUT2D eigenvalue weighted by atomic mass is 10.1. The van der Waals surface area contributed by atoms with Crippen molar-refractivity contribution in [1.29, 1.82) is 0 Å². The van der Waals surface area contributed by atoms with Crippen molar-refractivity contribution in [3.05, 3.63) is 21.9 Å². The number of hydrogen-bond acceptors (Lipinski definition) is 3. The van der Waals surface area contributed by atoms with Crippen LogP contribution < -0.4 is 11.1 Å². The van der Waals surface area contributed by atoms with Crippen LogP contribution in [-0.2, 0) is 13.0 Å². The zero-order chi connectivity index (χ0) is 11.8. The Kier molecular flexibility index (Phi) is 6.69. The summed E-state index contributed by atoms with van der Waals surface area (Å²) >= 11 is 1.90. The molecule has 0 radical (unpaired) electrons. The van der Waals surface area contributed by atoms with Crippen molar-refractivity contribution < 1.29 is 0 Å². The third-order valence-electron chi connectivity index (χ3n) is 2.70. The average Bonchev–Trinajstić information content (AvgIpc) is 2.74. The molecule has 0 bridgehead atoms. The summed E-state index contributed by atoms with van der Waals surface area (Å²) in [5.41, 5.74) is 6.00. The maximum absolute atomic E-state index is 6.00. The third-order valence-corrected chi connectivity index (χ3v) is 3.93. The Morgan fingerprint density at radius 3 is 2.69 bits per heavy atom. The van der Waals surface area contributed by atoms with Gasteiger partial charge in [-0.2, -0.15) is 0 Å². The number of hydrogen-bond donors (Lipinski definition) is 2. The first-order valence-corrected chi connectivity index (χ1v) is 7.11. The molecule has 1 heterocycles. The predicted octanol–water partition coefficient (Wildman–Crippen LogP) is 2.92. The molecule has 1 aromatic heterocycles. The minimum absolute atomic E-state index is 0.311. The summed E-state index contributed by atoms with van der Waals surface area (Å²) in [6.07, 6.45) is 4.75. The minimum Gasteiger partial charge on any atom is -0.327 e. The van der Waals surface area contributed by atoms with Gasteiger partial charge >= 0.3 is 0 Å². The lowest BCUT2D eigenvalue weighted by molar-refractivity contribution is 0.526. The normalized spacial score (nSPS) is 12.9. The van der Waals surface area contributed by atoms with Crippen LogP contribution in [0.3, 0.4) is 0 Å². The van der Waals surface area contributed by atoms with E-state index in [-0.39, 0.29) is 0 Å². The highest BCUT2D eigenvalue weighted by atomic mass is 32.1. The maximum atomic E-state index is 6.00. The predicted molar refractivity (Wildman–Crippen MR) is 72.9 cm³/mol. The Bertz CT molecular complexity index is 283. The van der Waals surface area contributed by atoms with Crippen molar-refractivity contribution >= 4 is 11.3 Å². The molecule has 1 unspecified atom stereocenters. The first kappa shape index (κ1) is 13.7. The summed E-state index contributed by atoms with van der Waals surface area (Å²) in [5.74, 6) is 0. The van der Waals surface area contributed by atoms with Gasteiger partial charge in [0.1, 0.15) is 0 Å². The molecule has 2 nitrogen and oxygen atoms in total. The second-order valence-corrected chi connectivity index (χ2v) is 5.51. The SMILES string of the molecule is CCCCC(N)CNCc1ccc(CC)s1. The van der Waals surface area contributed by atoms with Crippen LogP contribution in [0, 0.1) is 0 Å². The summed E-state index contributed by atoms with van der Waals surface area (Å²) in [5, 5.41) is 3.43. The molecule has 0 aliphatic heterocycles. The minimum atomic E-state index is 0.311. The lowest BCUT2D eigenvalue weighted by Crippen LogP contribution is -2.33. The molecule has 1 atom stereocenters. The molecule has 0 spiro atoms. The van der Waals surface area contributed by atoms with Gasteiger partial charge in [0.15, 0.2) is 0 Å². The summed E-state index contributed by atoms with van der Waals surface area (Å²) in [4.78, 5) is 2.88. The highest BCUT2D eigenvalue weighted by Crippen LogP contribution is 2.16. The van der Waals surface area contributed by atoms with Gasteiger partial charge in [-0.1, -0.05) is 26.7 Å². The maximum Gasteiger partial charge on any atom is 0.0300 e. The smallest absolute Gasteiger partial charge is 0.0300 e. The van der Waals surface area contributed by atoms with Gasteiger partial charge in [0.25, 0.3) is 0 Å². The fraction of sp³-hybridized carbons (Fsp3) is 0.692. The monoisotopic (exact) mass is 240 g/mol. The van der Waals surface area contributed by atoms with E-state index < -0.39 is 0 Å². The molecule has 0 amide bonds. The average molecular weight is 240 g/mol. The van der Waals surface area contributed by atoms with Crippen LogP contribution in [0.1, 0.15) is 42.9 Å². The van der Waals surface area contributed by atoms with Gasteiger partial charge < -0.3 is 11.1 Å². The topological polar surface area (TPSA) is 38.0 Å². The van der Waals surface area contributed by atoms with Crippen molar-refractivity contribution in [2.24, 2.45) is 5.73 Å². The number of nitrogens with two attached hydrogens (primary N) is 1. The van der Waals surface area contributed by atoms with Crippen molar-refractivity contribution in [2.75, 3.05) is 6.54 Å². The summed E-state index contributed by atoms with van der Waals surface area (Å²) < 4.78 is 0. The summed E-state index contributed by atoms with van der Waals surface area (Å²) in [7, 11) is 0. The zero-order valence-corrected chi connectivity index (χ0v) is 11.3. The highest BCUT2D eigenvalue weighted by Gasteiger charge is 2.02. The summed E-state index contributed by atoms with van der Waals surface area (Å²) in [6, 6.07) is 4.75. The van der Waals surface area contributed by atoms with E-state index in [2.05, 4.69) is 31.3 Å². The quantitative estimate of drug-likeness (QED) is 0.733. The fourth-order valence-corrected chi connectivity index (χ4v) is 2.58. The number of thiophene rings is 1. The van der Waals surface area contributed by atoms with Gasteiger partial charge in [0.2, 0.25) is 0 Å². The fourth-order valence-electron chi connectivity index (χ4n) is 1.66. The molecule has 3 heteroatoms. The second kappa shape index (κ2) is 7.82. The molecule has 0 fully saturated rings. The molecule has 0 aliphatic carbocycles. The van der Waals surface area contributed by atoms with Gasteiger partial charge in [-0.3, -0.25) is 0 Å². The Morgan fingerprint density at radius 1 is 1.31 bits per heavy atom. The molecule has 16 heavy (non-hydrogen) atoms. The van der Waals surface area contributed by atoms with Crippen LogP contribution >= 0.6 is 11.3 Å². The lowest BCUT2D eigenvalue weighted by Gasteiger charge is -2.11. The molecule has 0 saturated heterocycles. The molecule has 3 N–H and O–H groups in total. The van der Waals surface area contributed by atoms with Crippen LogP contribution in [0.5, 0.6) is 0 Å². The first-order valence-electron chi connectivity index (χ1n) is 6.30. The molecule has 1 rings (SSSR count). The third kappa shape index (κ3) is 5.10. The Hall–Kier alpha value is -0.380. The number of unbranched alkanes of at least 4 members (excludes halogenated alkanes) is 1. The number of nitrogens with one attached hydrogen (secondary N) is 1. The number of rotatable bonds is 8. The van der Waals surface area contributed by atoms with E-state index in [1.807, 2.05) is 11.3 Å². The van der Waals surface area contributed by atoms with Crippen molar-refractivity contribution in [1.82, 2.24) is 5.32 Å². The standard InChI is InChI=1S/C13H24N2S/c1-3-5-6-11(14)9-15-10-13-8-7-12(4-2)16-13/h7-8,11,15H,3-6,9-10,14H2,1-2H3. The van der Waals surface area contributed by atoms with Crippen molar-refractivity contribution in [3.63, 3.8) is 0 Å². The van der Waals surface area contributed by atoms with E-state index in [9.17, 15) is 0 Å². The largest absolute Gasteiger partial charge is 0.327 e. The van der Waals surface area contributed by atoms with Gasteiger partial charge in [-0.05, 0) is 25.0 Å². The van der Waals surface area contributed by atoms with E-state index in [0.717, 1.165) is 25.9 Å². The molecule has 92 valence electrons. The molecule has 0 saturated carbocycles. The van der Waals surface area contributed by atoms with E-state index >= 15 is 0 Å². The highest BCUT2D eigenvalue weighted by molar-refractivity contribution is 7.11. The van der Waals surface area contributed by atoms with Crippen LogP contribution in [0.15, 0.2) is 12.1 Å². The van der Waals surface area contributed by atoms with E-state index in [4.69, 9.17) is 5.73 Å².